The monoisotopic (exact) mass is 467 g/mol. The Balaban J connectivity index is 0.00000171. The predicted molar refractivity (Wildman–Crippen MR) is 124 cm³/mol. The zero-order chi connectivity index (χ0) is 20.5. The molecule has 0 aliphatic carbocycles. The zero-order valence-electron chi connectivity index (χ0n) is 17.8. The van der Waals surface area contributed by atoms with Crippen LogP contribution in [0.1, 0.15) is 28.4 Å². The number of anilines is 2. The number of hydrogen-bond donors (Lipinski definition) is 0. The molecule has 168 valence electrons. The summed E-state index contributed by atoms with van der Waals surface area (Å²) in [5.74, 6) is 1.44. The first kappa shape index (κ1) is 24.7. The van der Waals surface area contributed by atoms with Crippen LogP contribution in [0.25, 0.3) is 0 Å². The fourth-order valence-corrected chi connectivity index (χ4v) is 3.83. The Labute approximate surface area is 194 Å². The Morgan fingerprint density at radius 1 is 1.06 bits per heavy atom. The summed E-state index contributed by atoms with van der Waals surface area (Å²) in [4.78, 5) is 39.1. The maximum Gasteiger partial charge on any atom is 0.415 e. The van der Waals surface area contributed by atoms with E-state index in [4.69, 9.17) is 4.74 Å². The van der Waals surface area contributed by atoms with Crippen molar-refractivity contribution in [3.05, 3.63) is 47.3 Å². The minimum atomic E-state index is -0.403. The highest BCUT2D eigenvalue weighted by atomic mass is 35.5. The minimum Gasteiger partial charge on any atom is -0.447 e. The molecule has 0 saturated carbocycles. The van der Waals surface area contributed by atoms with Crippen molar-refractivity contribution in [1.82, 2.24) is 14.9 Å². The maximum absolute atomic E-state index is 12.9. The molecule has 4 heterocycles. The molecule has 8 nitrogen and oxygen atoms in total. The van der Waals surface area contributed by atoms with Crippen LogP contribution in [-0.2, 0) is 4.74 Å². The van der Waals surface area contributed by atoms with E-state index in [2.05, 4.69) is 27.9 Å². The second kappa shape index (κ2) is 10.2. The fourth-order valence-electron chi connectivity index (χ4n) is 3.83. The Morgan fingerprint density at radius 2 is 1.77 bits per heavy atom. The topological polar surface area (TPSA) is 78.9 Å². The molecule has 0 spiro atoms. The normalized spacial score (nSPS) is 18.2. The molecule has 1 atom stereocenters. The number of amides is 2. The van der Waals surface area contributed by atoms with Gasteiger partial charge in [0.2, 0.25) is 0 Å². The van der Waals surface area contributed by atoms with E-state index in [0.717, 1.165) is 30.0 Å². The van der Waals surface area contributed by atoms with E-state index < -0.39 is 6.09 Å². The third-order valence-electron chi connectivity index (χ3n) is 5.38. The van der Waals surface area contributed by atoms with Gasteiger partial charge in [0.05, 0.1) is 11.6 Å². The van der Waals surface area contributed by atoms with Gasteiger partial charge in [-0.15, -0.1) is 24.8 Å². The highest BCUT2D eigenvalue weighted by molar-refractivity contribution is 5.95. The Bertz CT molecular complexity index is 933. The van der Waals surface area contributed by atoms with Gasteiger partial charge in [0.15, 0.2) is 0 Å². The average molecular weight is 468 g/mol. The van der Waals surface area contributed by atoms with Crippen molar-refractivity contribution in [2.45, 2.75) is 26.8 Å². The van der Waals surface area contributed by atoms with Gasteiger partial charge in [-0.25, -0.2) is 14.8 Å². The second-order valence-corrected chi connectivity index (χ2v) is 7.63. The molecular weight excluding hydrogens is 441 g/mol. The smallest absolute Gasteiger partial charge is 0.415 e. The van der Waals surface area contributed by atoms with Crippen molar-refractivity contribution in [2.75, 3.05) is 42.6 Å². The van der Waals surface area contributed by atoms with Crippen LogP contribution in [0.15, 0.2) is 30.6 Å². The summed E-state index contributed by atoms with van der Waals surface area (Å²) >= 11 is 0. The van der Waals surface area contributed by atoms with Crippen molar-refractivity contribution in [1.29, 1.82) is 0 Å². The van der Waals surface area contributed by atoms with Crippen LogP contribution in [0, 0.1) is 13.8 Å². The van der Waals surface area contributed by atoms with Gasteiger partial charge >= 0.3 is 6.09 Å². The number of nitrogens with zero attached hydrogens (tertiary/aromatic N) is 5. The van der Waals surface area contributed by atoms with Gasteiger partial charge in [0.1, 0.15) is 18.2 Å². The second-order valence-electron chi connectivity index (χ2n) is 7.63. The molecule has 2 fully saturated rings. The lowest BCUT2D eigenvalue weighted by Gasteiger charge is -2.36. The number of aryl methyl sites for hydroxylation is 2. The van der Waals surface area contributed by atoms with Crippen molar-refractivity contribution in [3.8, 4) is 0 Å². The summed E-state index contributed by atoms with van der Waals surface area (Å²) < 4.78 is 5.03. The molecule has 0 radical (unpaired) electrons. The van der Waals surface area contributed by atoms with E-state index in [1.165, 1.54) is 11.1 Å². The van der Waals surface area contributed by atoms with Crippen molar-refractivity contribution in [2.24, 2.45) is 0 Å². The SMILES string of the molecule is Cc1cnc(N2CCN(C(=O)c3ccc(N4C(=O)OCC4C)nc3)CC2)c(C)c1.Cl.Cl. The molecule has 2 amide bonds. The summed E-state index contributed by atoms with van der Waals surface area (Å²) in [5.41, 5.74) is 2.82. The summed E-state index contributed by atoms with van der Waals surface area (Å²) in [6.07, 6.45) is 3.01. The van der Waals surface area contributed by atoms with Crippen LogP contribution in [0.4, 0.5) is 16.4 Å². The van der Waals surface area contributed by atoms with Crippen molar-refractivity contribution >= 4 is 48.5 Å². The number of piperazine rings is 1. The quantitative estimate of drug-likeness (QED) is 0.689. The molecule has 10 heteroatoms. The number of aromatic nitrogens is 2. The van der Waals surface area contributed by atoms with Crippen LogP contribution >= 0.6 is 24.8 Å². The Hall–Kier alpha value is -2.58. The first-order valence-electron chi connectivity index (χ1n) is 9.83. The number of pyridine rings is 2. The zero-order valence-corrected chi connectivity index (χ0v) is 19.4. The minimum absolute atomic E-state index is 0. The number of halogens is 2. The third-order valence-corrected chi connectivity index (χ3v) is 5.38. The van der Waals surface area contributed by atoms with E-state index >= 15 is 0 Å². The van der Waals surface area contributed by atoms with Gasteiger partial charge in [0, 0.05) is 38.6 Å². The van der Waals surface area contributed by atoms with Crippen LogP contribution in [0.3, 0.4) is 0 Å². The van der Waals surface area contributed by atoms with Gasteiger partial charge < -0.3 is 14.5 Å². The summed E-state index contributed by atoms with van der Waals surface area (Å²) in [6.45, 7) is 9.09. The molecule has 2 aliphatic heterocycles. The highest BCUT2D eigenvalue weighted by Gasteiger charge is 2.32. The van der Waals surface area contributed by atoms with E-state index in [0.29, 0.717) is 31.1 Å². The average Bonchev–Trinajstić information content (AvgIpc) is 3.06. The van der Waals surface area contributed by atoms with Gasteiger partial charge in [0.25, 0.3) is 5.91 Å². The first-order valence-corrected chi connectivity index (χ1v) is 9.83. The van der Waals surface area contributed by atoms with Crippen LogP contribution in [0.2, 0.25) is 0 Å². The van der Waals surface area contributed by atoms with Crippen LogP contribution < -0.4 is 9.80 Å². The molecular formula is C21H27Cl2N5O3. The van der Waals surface area contributed by atoms with Gasteiger partial charge in [-0.1, -0.05) is 6.07 Å². The van der Waals surface area contributed by atoms with E-state index in [-0.39, 0.29) is 36.8 Å². The molecule has 2 aliphatic rings. The van der Waals surface area contributed by atoms with E-state index in [1.807, 2.05) is 24.9 Å². The lowest BCUT2D eigenvalue weighted by atomic mass is 10.2. The number of cyclic esters (lactones) is 1. The summed E-state index contributed by atoms with van der Waals surface area (Å²) in [7, 11) is 0. The van der Waals surface area contributed by atoms with Gasteiger partial charge in [-0.2, -0.15) is 0 Å². The highest BCUT2D eigenvalue weighted by Crippen LogP contribution is 2.22. The summed E-state index contributed by atoms with van der Waals surface area (Å²) in [6, 6.07) is 5.49. The van der Waals surface area contributed by atoms with Crippen LogP contribution in [-0.4, -0.2) is 65.7 Å². The molecule has 2 aromatic rings. The number of hydrogen-bond acceptors (Lipinski definition) is 6. The molecule has 4 rings (SSSR count). The molecule has 2 saturated heterocycles. The number of carbonyl (C=O) groups is 2. The molecule has 0 aromatic carbocycles. The first-order chi connectivity index (χ1) is 13.9. The predicted octanol–water partition coefficient (Wildman–Crippen LogP) is 3.24. The molecule has 31 heavy (non-hydrogen) atoms. The lowest BCUT2D eigenvalue weighted by Crippen LogP contribution is -2.49. The number of carbonyl (C=O) groups excluding carboxylic acids is 2. The lowest BCUT2D eigenvalue weighted by molar-refractivity contribution is 0.0746. The van der Waals surface area contributed by atoms with Crippen molar-refractivity contribution < 1.29 is 14.3 Å². The van der Waals surface area contributed by atoms with Gasteiger partial charge in [-0.3, -0.25) is 9.69 Å². The Kier molecular flexibility index (Phi) is 8.08. The number of ether oxygens (including phenoxy) is 1. The largest absolute Gasteiger partial charge is 0.447 e. The molecule has 1 unspecified atom stereocenters. The molecule has 0 bridgehead atoms. The van der Waals surface area contributed by atoms with E-state index in [9.17, 15) is 9.59 Å². The standard InChI is InChI=1S/C21H25N5O3.2ClH/c1-14-10-15(2)19(23-11-14)24-6-8-25(9-7-24)20(27)17-4-5-18(22-12-17)26-16(3)13-29-21(26)28;;/h4-5,10-12,16H,6-9,13H2,1-3H3;2*1H. The van der Waals surface area contributed by atoms with Crippen molar-refractivity contribution in [3.63, 3.8) is 0 Å². The molecule has 2 aromatic heterocycles. The summed E-state index contributed by atoms with van der Waals surface area (Å²) in [5, 5.41) is 0. The molecule has 0 N–H and O–H groups in total. The maximum atomic E-state index is 12.9. The Morgan fingerprint density at radius 3 is 2.32 bits per heavy atom. The number of rotatable bonds is 3. The van der Waals surface area contributed by atoms with E-state index in [1.54, 1.807) is 12.1 Å². The van der Waals surface area contributed by atoms with Gasteiger partial charge in [-0.05, 0) is 44.0 Å². The van der Waals surface area contributed by atoms with Crippen LogP contribution in [0.5, 0.6) is 0 Å². The fraction of sp³-hybridized carbons (Fsp3) is 0.429. The third kappa shape index (κ3) is 5.02.